The third-order valence-corrected chi connectivity index (χ3v) is 5.53. The minimum Gasteiger partial charge on any atom is -0.344 e. The Kier molecular flexibility index (Phi) is 4.61. The van der Waals surface area contributed by atoms with Gasteiger partial charge in [0.25, 0.3) is 5.91 Å². The molecular weight excluding hydrogens is 310 g/mol. The van der Waals surface area contributed by atoms with Crippen molar-refractivity contribution in [1.82, 2.24) is 9.88 Å². The molecule has 0 bridgehead atoms. The normalized spacial score (nSPS) is 17.6. The summed E-state index contributed by atoms with van der Waals surface area (Å²) >= 11 is 1.49. The molecule has 1 N–H and O–H groups in total. The van der Waals surface area contributed by atoms with Crippen molar-refractivity contribution in [2.45, 2.75) is 38.6 Å². The number of aryl methyl sites for hydroxylation is 1. The van der Waals surface area contributed by atoms with Crippen LogP contribution in [-0.4, -0.2) is 22.4 Å². The second kappa shape index (κ2) is 6.66. The summed E-state index contributed by atoms with van der Waals surface area (Å²) in [5.74, 6) is -0.213. The minimum absolute atomic E-state index is 0.175. The van der Waals surface area contributed by atoms with Crippen molar-refractivity contribution < 1.29 is 9.59 Å². The number of hydrogen-bond acceptors (Lipinski definition) is 3. The van der Waals surface area contributed by atoms with Crippen LogP contribution in [0, 0.1) is 5.92 Å². The average Bonchev–Trinajstić information content (AvgIpc) is 3.14. The Labute approximate surface area is 139 Å². The number of hydrogen-bond donors (Lipinski definition) is 1. The number of benzene rings is 1. The highest BCUT2D eigenvalue weighted by Gasteiger charge is 2.31. The molecule has 1 aromatic carbocycles. The van der Waals surface area contributed by atoms with Gasteiger partial charge in [0.15, 0.2) is 4.80 Å². The summed E-state index contributed by atoms with van der Waals surface area (Å²) in [6.45, 7) is 1.45. The van der Waals surface area contributed by atoms with Crippen LogP contribution in [-0.2, 0) is 16.6 Å². The second-order valence-corrected chi connectivity index (χ2v) is 7.09. The molecule has 0 radical (unpaired) electrons. The third kappa shape index (κ3) is 3.37. The molecule has 0 spiro atoms. The number of carbonyl (C=O) groups is 2. The number of carbonyl (C=O) groups excluding carboxylic acids is 2. The molecule has 0 saturated heterocycles. The molecule has 1 aliphatic carbocycles. The number of nitrogens with one attached hydrogen (secondary N) is 1. The molecule has 122 valence electrons. The fraction of sp³-hybridized carbons (Fsp3) is 0.471. The molecule has 1 saturated carbocycles. The predicted molar refractivity (Wildman–Crippen MR) is 90.9 cm³/mol. The quantitative estimate of drug-likeness (QED) is 0.938. The van der Waals surface area contributed by atoms with E-state index in [4.69, 9.17) is 0 Å². The molecule has 5 nitrogen and oxygen atoms in total. The maximum absolute atomic E-state index is 12.7. The first-order chi connectivity index (χ1) is 11.1. The predicted octanol–water partition coefficient (Wildman–Crippen LogP) is 2.36. The average molecular weight is 331 g/mol. The summed E-state index contributed by atoms with van der Waals surface area (Å²) in [6, 6.07) is 7.48. The molecule has 1 fully saturated rings. The lowest BCUT2D eigenvalue weighted by Crippen LogP contribution is -2.44. The van der Waals surface area contributed by atoms with Crippen LogP contribution in [0.4, 0.5) is 0 Å². The Morgan fingerprint density at radius 3 is 2.65 bits per heavy atom. The Bertz CT molecular complexity index is 800. The largest absolute Gasteiger partial charge is 0.344 e. The van der Waals surface area contributed by atoms with Gasteiger partial charge in [-0.15, -0.1) is 0 Å². The molecule has 23 heavy (non-hydrogen) atoms. The molecule has 1 unspecified atom stereocenters. The van der Waals surface area contributed by atoms with Gasteiger partial charge in [0.1, 0.15) is 6.04 Å². The van der Waals surface area contributed by atoms with Crippen molar-refractivity contribution in [3.8, 4) is 0 Å². The van der Waals surface area contributed by atoms with Crippen LogP contribution in [0.2, 0.25) is 0 Å². The first-order valence-electron chi connectivity index (χ1n) is 7.96. The Morgan fingerprint density at radius 2 is 2.00 bits per heavy atom. The number of amides is 2. The van der Waals surface area contributed by atoms with Gasteiger partial charge in [-0.05, 0) is 30.9 Å². The molecule has 0 aliphatic heterocycles. The standard InChI is InChI=1S/C17H21N3O2S/c1-11(21)18-15(12-7-3-4-8-12)16(22)19-17-20(2)13-9-5-6-10-14(13)23-17/h5-6,9-10,12,15H,3-4,7-8H2,1-2H3,(H,18,21). The molecule has 6 heteroatoms. The van der Waals surface area contributed by atoms with Crippen LogP contribution in [0.3, 0.4) is 0 Å². The van der Waals surface area contributed by atoms with Gasteiger partial charge in [-0.3, -0.25) is 9.59 Å². The maximum atomic E-state index is 12.7. The lowest BCUT2D eigenvalue weighted by atomic mass is 9.97. The van der Waals surface area contributed by atoms with E-state index in [1.165, 1.54) is 18.3 Å². The third-order valence-electron chi connectivity index (χ3n) is 4.42. The summed E-state index contributed by atoms with van der Waals surface area (Å²) in [5.41, 5.74) is 1.06. The number of nitrogens with zero attached hydrogens (tertiary/aromatic N) is 2. The van der Waals surface area contributed by atoms with Crippen LogP contribution in [0.15, 0.2) is 29.3 Å². The monoisotopic (exact) mass is 331 g/mol. The van der Waals surface area contributed by atoms with Gasteiger partial charge in [0.05, 0.1) is 10.2 Å². The van der Waals surface area contributed by atoms with E-state index in [0.717, 1.165) is 35.9 Å². The lowest BCUT2D eigenvalue weighted by molar-refractivity contribution is -0.127. The SMILES string of the molecule is CC(=O)NC(C(=O)N=c1sc2ccccc2n1C)C1CCCC1. The second-order valence-electron chi connectivity index (χ2n) is 6.08. The highest BCUT2D eigenvalue weighted by Crippen LogP contribution is 2.28. The van der Waals surface area contributed by atoms with Gasteiger partial charge in [-0.2, -0.15) is 4.99 Å². The molecular formula is C17H21N3O2S. The molecule has 1 aromatic heterocycles. The van der Waals surface area contributed by atoms with E-state index in [0.29, 0.717) is 4.80 Å². The van der Waals surface area contributed by atoms with E-state index < -0.39 is 6.04 Å². The van der Waals surface area contributed by atoms with Crippen molar-refractivity contribution in [2.75, 3.05) is 0 Å². The summed E-state index contributed by atoms with van der Waals surface area (Å²) < 4.78 is 3.02. The van der Waals surface area contributed by atoms with Crippen LogP contribution >= 0.6 is 11.3 Å². The number of thiazole rings is 1. The fourth-order valence-corrected chi connectivity index (χ4v) is 4.27. The van der Waals surface area contributed by atoms with E-state index in [-0.39, 0.29) is 17.7 Å². The highest BCUT2D eigenvalue weighted by molar-refractivity contribution is 7.16. The zero-order chi connectivity index (χ0) is 16.4. The van der Waals surface area contributed by atoms with Crippen molar-refractivity contribution in [2.24, 2.45) is 18.0 Å². The van der Waals surface area contributed by atoms with E-state index >= 15 is 0 Å². The van der Waals surface area contributed by atoms with Gasteiger partial charge >= 0.3 is 0 Å². The molecule has 1 atom stereocenters. The van der Waals surface area contributed by atoms with E-state index in [1.807, 2.05) is 35.9 Å². The summed E-state index contributed by atoms with van der Waals surface area (Å²) in [7, 11) is 1.91. The molecule has 3 rings (SSSR count). The number of rotatable bonds is 3. The summed E-state index contributed by atoms with van der Waals surface area (Å²) in [4.78, 5) is 29.1. The first-order valence-corrected chi connectivity index (χ1v) is 8.78. The molecule has 2 aromatic rings. The number of para-hydroxylation sites is 1. The first kappa shape index (κ1) is 15.9. The Morgan fingerprint density at radius 1 is 1.30 bits per heavy atom. The van der Waals surface area contributed by atoms with Crippen molar-refractivity contribution in [3.63, 3.8) is 0 Å². The smallest absolute Gasteiger partial charge is 0.271 e. The van der Waals surface area contributed by atoms with Crippen molar-refractivity contribution in [1.29, 1.82) is 0 Å². The number of aromatic nitrogens is 1. The van der Waals surface area contributed by atoms with Crippen LogP contribution < -0.4 is 10.1 Å². The fourth-order valence-electron chi connectivity index (χ4n) is 3.24. The zero-order valence-electron chi connectivity index (χ0n) is 13.4. The maximum Gasteiger partial charge on any atom is 0.271 e. The molecule has 1 heterocycles. The van der Waals surface area contributed by atoms with Gasteiger partial charge in [0, 0.05) is 14.0 Å². The van der Waals surface area contributed by atoms with Crippen LogP contribution in [0.25, 0.3) is 10.2 Å². The van der Waals surface area contributed by atoms with Gasteiger partial charge in [0.2, 0.25) is 5.91 Å². The number of fused-ring (bicyclic) bond motifs is 1. The van der Waals surface area contributed by atoms with Crippen molar-refractivity contribution >= 4 is 33.4 Å². The van der Waals surface area contributed by atoms with Gasteiger partial charge in [-0.1, -0.05) is 36.3 Å². The van der Waals surface area contributed by atoms with Crippen molar-refractivity contribution in [3.05, 3.63) is 29.1 Å². The van der Waals surface area contributed by atoms with E-state index in [2.05, 4.69) is 10.3 Å². The molecule has 1 aliphatic rings. The van der Waals surface area contributed by atoms with E-state index in [1.54, 1.807) is 0 Å². The topological polar surface area (TPSA) is 63.5 Å². The van der Waals surface area contributed by atoms with Crippen LogP contribution in [0.5, 0.6) is 0 Å². The highest BCUT2D eigenvalue weighted by atomic mass is 32.1. The van der Waals surface area contributed by atoms with E-state index in [9.17, 15) is 9.59 Å². The van der Waals surface area contributed by atoms with Gasteiger partial charge < -0.3 is 9.88 Å². The van der Waals surface area contributed by atoms with Gasteiger partial charge in [-0.25, -0.2) is 0 Å². The van der Waals surface area contributed by atoms with Crippen LogP contribution in [0.1, 0.15) is 32.6 Å². The lowest BCUT2D eigenvalue weighted by Gasteiger charge is -2.20. The summed E-state index contributed by atoms with van der Waals surface area (Å²) in [5, 5.41) is 2.81. The minimum atomic E-state index is -0.500. The summed E-state index contributed by atoms with van der Waals surface area (Å²) in [6.07, 6.45) is 4.19. The zero-order valence-corrected chi connectivity index (χ0v) is 14.2. The molecule has 2 amide bonds. The Hall–Kier alpha value is -1.95. The Balaban J connectivity index is 1.95.